The van der Waals surface area contributed by atoms with E-state index in [1.54, 1.807) is 6.07 Å². The molecular weight excluding hydrogens is 310 g/mol. The van der Waals surface area contributed by atoms with Crippen molar-refractivity contribution in [1.29, 1.82) is 0 Å². The highest BCUT2D eigenvalue weighted by Crippen LogP contribution is 2.17. The van der Waals surface area contributed by atoms with Crippen LogP contribution in [0.4, 0.5) is 0 Å². The lowest BCUT2D eigenvalue weighted by atomic mass is 9.97. The van der Waals surface area contributed by atoms with Gasteiger partial charge in [-0.1, -0.05) is 17.7 Å². The Labute approximate surface area is 139 Å². The van der Waals surface area contributed by atoms with Gasteiger partial charge in [0, 0.05) is 5.56 Å². The van der Waals surface area contributed by atoms with Crippen LogP contribution in [0, 0.1) is 20.8 Å². The molecule has 0 unspecified atom stereocenters. The summed E-state index contributed by atoms with van der Waals surface area (Å²) in [6.45, 7) is 4.95. The summed E-state index contributed by atoms with van der Waals surface area (Å²) in [4.78, 5) is 35.5. The summed E-state index contributed by atoms with van der Waals surface area (Å²) in [5.41, 5.74) is 3.33. The zero-order valence-electron chi connectivity index (χ0n) is 13.8. The lowest BCUT2D eigenvalue weighted by molar-refractivity contribution is -0.141. The van der Waals surface area contributed by atoms with E-state index in [4.69, 9.17) is 9.15 Å². The van der Waals surface area contributed by atoms with Crippen LogP contribution in [0.1, 0.15) is 37.6 Å². The molecule has 2 aromatic rings. The Kier molecular flexibility index (Phi) is 5.52. The first-order chi connectivity index (χ1) is 11.4. The van der Waals surface area contributed by atoms with Crippen molar-refractivity contribution < 1.29 is 23.5 Å². The van der Waals surface area contributed by atoms with Gasteiger partial charge in [0.05, 0.1) is 6.26 Å². The van der Waals surface area contributed by atoms with Gasteiger partial charge >= 0.3 is 5.97 Å². The first-order valence-electron chi connectivity index (χ1n) is 7.47. The van der Waals surface area contributed by atoms with Crippen LogP contribution in [-0.4, -0.2) is 30.8 Å². The topological polar surface area (TPSA) is 85.6 Å². The number of hydrogen-bond acceptors (Lipinski definition) is 5. The fourth-order valence-electron chi connectivity index (χ4n) is 2.54. The van der Waals surface area contributed by atoms with Gasteiger partial charge in [-0.2, -0.15) is 0 Å². The predicted octanol–water partition coefficient (Wildman–Crippen LogP) is 2.36. The van der Waals surface area contributed by atoms with E-state index in [9.17, 15) is 14.4 Å². The molecule has 0 aliphatic heterocycles. The highest BCUT2D eigenvalue weighted by molar-refractivity contribution is 6.00. The number of nitrogens with one attached hydrogen (secondary N) is 1. The van der Waals surface area contributed by atoms with Gasteiger partial charge in [-0.25, -0.2) is 0 Å². The lowest BCUT2D eigenvalue weighted by Crippen LogP contribution is -2.31. The van der Waals surface area contributed by atoms with Crippen molar-refractivity contribution in [3.8, 4) is 0 Å². The van der Waals surface area contributed by atoms with E-state index in [0.717, 1.165) is 16.7 Å². The van der Waals surface area contributed by atoms with E-state index in [-0.39, 0.29) is 24.7 Å². The van der Waals surface area contributed by atoms with Crippen molar-refractivity contribution in [2.75, 3.05) is 13.2 Å². The Hall–Kier alpha value is -2.89. The maximum atomic E-state index is 12.2. The minimum atomic E-state index is -0.689. The van der Waals surface area contributed by atoms with Crippen LogP contribution in [0.5, 0.6) is 0 Å². The molecular formula is C18H19NO5. The average molecular weight is 329 g/mol. The summed E-state index contributed by atoms with van der Waals surface area (Å²) in [5, 5.41) is 2.36. The highest BCUT2D eigenvalue weighted by Gasteiger charge is 2.16. The standard InChI is InChI=1S/C18H19NO5/c1-11-7-12(2)17(13(3)8-11)14(20)10-24-16(21)9-19-18(22)15-5-4-6-23-15/h4-8H,9-10H2,1-3H3,(H,19,22). The largest absolute Gasteiger partial charge is 0.459 e. The number of esters is 1. The molecule has 1 amide bonds. The molecule has 0 spiro atoms. The second-order valence-electron chi connectivity index (χ2n) is 5.52. The molecule has 6 nitrogen and oxygen atoms in total. The Morgan fingerprint density at radius 2 is 1.79 bits per heavy atom. The number of aryl methyl sites for hydroxylation is 3. The molecule has 1 heterocycles. The van der Waals surface area contributed by atoms with Gasteiger partial charge in [0.25, 0.3) is 5.91 Å². The SMILES string of the molecule is Cc1cc(C)c(C(=O)COC(=O)CNC(=O)c2ccco2)c(C)c1. The van der Waals surface area contributed by atoms with Crippen molar-refractivity contribution in [1.82, 2.24) is 5.32 Å². The number of ketones is 1. The Morgan fingerprint density at radius 1 is 1.12 bits per heavy atom. The number of furan rings is 1. The molecule has 0 radical (unpaired) electrons. The van der Waals surface area contributed by atoms with Gasteiger partial charge in [-0.05, 0) is 44.0 Å². The number of carbonyl (C=O) groups excluding carboxylic acids is 3. The molecule has 0 bridgehead atoms. The first-order valence-corrected chi connectivity index (χ1v) is 7.47. The predicted molar refractivity (Wildman–Crippen MR) is 87.0 cm³/mol. The zero-order valence-corrected chi connectivity index (χ0v) is 13.8. The van der Waals surface area contributed by atoms with Crippen molar-refractivity contribution >= 4 is 17.7 Å². The highest BCUT2D eigenvalue weighted by atomic mass is 16.5. The maximum absolute atomic E-state index is 12.2. The van der Waals surface area contributed by atoms with E-state index < -0.39 is 11.9 Å². The molecule has 0 fully saturated rings. The van der Waals surface area contributed by atoms with Gasteiger partial charge in [0.2, 0.25) is 5.78 Å². The molecule has 0 atom stereocenters. The molecule has 24 heavy (non-hydrogen) atoms. The van der Waals surface area contributed by atoms with Crippen LogP contribution in [-0.2, 0) is 9.53 Å². The number of Topliss-reactive ketones (excluding diaryl/α,β-unsaturated/α-hetero) is 1. The molecule has 1 N–H and O–H groups in total. The third kappa shape index (κ3) is 4.32. The third-order valence-electron chi connectivity index (χ3n) is 3.46. The summed E-state index contributed by atoms with van der Waals surface area (Å²) in [5.74, 6) is -1.38. The van der Waals surface area contributed by atoms with Crippen molar-refractivity contribution in [2.45, 2.75) is 20.8 Å². The fraction of sp³-hybridized carbons (Fsp3) is 0.278. The minimum absolute atomic E-state index is 0.102. The summed E-state index contributed by atoms with van der Waals surface area (Å²) < 4.78 is 9.83. The van der Waals surface area contributed by atoms with Crippen LogP contribution in [0.2, 0.25) is 0 Å². The molecule has 0 aliphatic rings. The quantitative estimate of drug-likeness (QED) is 0.649. The van der Waals surface area contributed by atoms with E-state index in [1.807, 2.05) is 32.9 Å². The van der Waals surface area contributed by atoms with Gasteiger partial charge < -0.3 is 14.5 Å². The summed E-state index contributed by atoms with van der Waals surface area (Å²) in [6, 6.07) is 6.86. The first kappa shape index (κ1) is 17.5. The summed E-state index contributed by atoms with van der Waals surface area (Å²) in [6.07, 6.45) is 1.36. The number of amides is 1. The Morgan fingerprint density at radius 3 is 2.38 bits per heavy atom. The smallest absolute Gasteiger partial charge is 0.325 e. The second-order valence-corrected chi connectivity index (χ2v) is 5.52. The normalized spacial score (nSPS) is 10.3. The number of rotatable bonds is 6. The van der Waals surface area contributed by atoms with Gasteiger partial charge in [0.1, 0.15) is 6.54 Å². The summed E-state index contributed by atoms with van der Waals surface area (Å²) in [7, 11) is 0. The third-order valence-corrected chi connectivity index (χ3v) is 3.46. The molecule has 126 valence electrons. The molecule has 1 aromatic carbocycles. The number of hydrogen-bond donors (Lipinski definition) is 1. The van der Waals surface area contributed by atoms with Crippen molar-refractivity contribution in [3.63, 3.8) is 0 Å². The average Bonchev–Trinajstić information content (AvgIpc) is 3.04. The van der Waals surface area contributed by atoms with E-state index in [0.29, 0.717) is 5.56 Å². The van der Waals surface area contributed by atoms with E-state index in [2.05, 4.69) is 5.32 Å². The zero-order chi connectivity index (χ0) is 17.7. The molecule has 2 rings (SSSR count). The summed E-state index contributed by atoms with van der Waals surface area (Å²) >= 11 is 0. The number of benzene rings is 1. The Balaban J connectivity index is 1.86. The van der Waals surface area contributed by atoms with Crippen LogP contribution < -0.4 is 5.32 Å². The van der Waals surface area contributed by atoms with Crippen molar-refractivity contribution in [3.05, 3.63) is 58.5 Å². The van der Waals surface area contributed by atoms with E-state index >= 15 is 0 Å². The van der Waals surface area contributed by atoms with Gasteiger partial charge in [-0.15, -0.1) is 0 Å². The fourth-order valence-corrected chi connectivity index (χ4v) is 2.54. The monoisotopic (exact) mass is 329 g/mol. The maximum Gasteiger partial charge on any atom is 0.325 e. The van der Waals surface area contributed by atoms with Gasteiger partial charge in [-0.3, -0.25) is 14.4 Å². The van der Waals surface area contributed by atoms with Crippen LogP contribution in [0.3, 0.4) is 0 Å². The van der Waals surface area contributed by atoms with Crippen LogP contribution in [0.25, 0.3) is 0 Å². The molecule has 0 aliphatic carbocycles. The van der Waals surface area contributed by atoms with Gasteiger partial charge in [0.15, 0.2) is 12.4 Å². The number of ether oxygens (including phenoxy) is 1. The van der Waals surface area contributed by atoms with Crippen LogP contribution >= 0.6 is 0 Å². The molecule has 0 saturated carbocycles. The molecule has 1 aromatic heterocycles. The van der Waals surface area contributed by atoms with Crippen LogP contribution in [0.15, 0.2) is 34.9 Å². The number of carbonyl (C=O) groups is 3. The van der Waals surface area contributed by atoms with Crippen molar-refractivity contribution in [2.24, 2.45) is 0 Å². The van der Waals surface area contributed by atoms with E-state index in [1.165, 1.54) is 12.3 Å². The Bertz CT molecular complexity index is 739. The molecule has 0 saturated heterocycles. The lowest BCUT2D eigenvalue weighted by Gasteiger charge is -2.11. The molecule has 6 heteroatoms. The minimum Gasteiger partial charge on any atom is -0.459 e. The second kappa shape index (κ2) is 7.59.